The fourth-order valence-electron chi connectivity index (χ4n) is 3.91. The maximum Gasteiger partial charge on any atom is 0.326 e. The van der Waals surface area contributed by atoms with Gasteiger partial charge in [-0.05, 0) is 68.0 Å². The molecule has 0 aromatic heterocycles. The summed E-state index contributed by atoms with van der Waals surface area (Å²) in [5, 5.41) is 5.87. The lowest BCUT2D eigenvalue weighted by Crippen LogP contribution is -2.35. The zero-order chi connectivity index (χ0) is 20.1. The van der Waals surface area contributed by atoms with Gasteiger partial charge >= 0.3 is 6.03 Å². The second-order valence-corrected chi connectivity index (χ2v) is 7.59. The van der Waals surface area contributed by atoms with E-state index in [1.807, 2.05) is 23.1 Å². The van der Waals surface area contributed by atoms with Gasteiger partial charge in [0.15, 0.2) is 0 Å². The zero-order valence-corrected chi connectivity index (χ0v) is 16.5. The van der Waals surface area contributed by atoms with Crippen LogP contribution in [-0.4, -0.2) is 37.7 Å². The lowest BCUT2D eigenvalue weighted by molar-refractivity contribution is 0.0858. The van der Waals surface area contributed by atoms with Crippen LogP contribution in [0, 0.1) is 0 Å². The molecule has 2 N–H and O–H groups in total. The number of urea groups is 1. The van der Waals surface area contributed by atoms with Crippen LogP contribution in [0.2, 0.25) is 0 Å². The average molecular weight is 393 g/mol. The number of fused-ring (bicyclic) bond motifs is 1. The van der Waals surface area contributed by atoms with Gasteiger partial charge in [0.1, 0.15) is 0 Å². The molecular weight excluding hydrogens is 366 g/mol. The highest BCUT2D eigenvalue weighted by atomic mass is 16.5. The third-order valence-electron chi connectivity index (χ3n) is 5.52. The van der Waals surface area contributed by atoms with Gasteiger partial charge in [-0.3, -0.25) is 9.69 Å². The van der Waals surface area contributed by atoms with Crippen molar-refractivity contribution in [3.63, 3.8) is 0 Å². The fourth-order valence-corrected chi connectivity index (χ4v) is 3.91. The molecule has 2 aromatic rings. The molecule has 0 spiro atoms. The topological polar surface area (TPSA) is 70.7 Å². The first-order chi connectivity index (χ1) is 14.2. The molecule has 0 unspecified atom stereocenters. The second kappa shape index (κ2) is 9.09. The number of anilines is 2. The van der Waals surface area contributed by atoms with E-state index < -0.39 is 0 Å². The van der Waals surface area contributed by atoms with E-state index in [4.69, 9.17) is 4.74 Å². The predicted octanol–water partition coefficient (Wildman–Crippen LogP) is 3.97. The van der Waals surface area contributed by atoms with Crippen LogP contribution in [0.15, 0.2) is 48.5 Å². The maximum absolute atomic E-state index is 12.9. The Morgan fingerprint density at radius 1 is 1.03 bits per heavy atom. The third kappa shape index (κ3) is 4.77. The molecule has 2 aliphatic heterocycles. The van der Waals surface area contributed by atoms with E-state index in [1.165, 1.54) is 5.56 Å². The Bertz CT molecular complexity index is 860. The molecule has 4 rings (SSSR count). The second-order valence-electron chi connectivity index (χ2n) is 7.59. The number of rotatable bonds is 4. The summed E-state index contributed by atoms with van der Waals surface area (Å²) >= 11 is 0. The Hall–Kier alpha value is -2.86. The van der Waals surface area contributed by atoms with Gasteiger partial charge in [0.25, 0.3) is 5.91 Å². The van der Waals surface area contributed by atoms with Crippen molar-refractivity contribution in [3.8, 4) is 0 Å². The summed E-state index contributed by atoms with van der Waals surface area (Å²) in [7, 11) is 0. The lowest BCUT2D eigenvalue weighted by atomic mass is 10.1. The van der Waals surface area contributed by atoms with Crippen LogP contribution >= 0.6 is 0 Å². The summed E-state index contributed by atoms with van der Waals surface area (Å²) in [5.74, 6) is -0.125. The molecule has 2 aromatic carbocycles. The number of amides is 3. The normalized spacial score (nSPS) is 18.6. The van der Waals surface area contributed by atoms with Crippen molar-refractivity contribution < 1.29 is 14.3 Å². The van der Waals surface area contributed by atoms with Crippen molar-refractivity contribution in [2.45, 2.75) is 38.2 Å². The van der Waals surface area contributed by atoms with Crippen LogP contribution in [0.5, 0.6) is 0 Å². The van der Waals surface area contributed by atoms with Crippen LogP contribution in [0.1, 0.15) is 41.6 Å². The van der Waals surface area contributed by atoms with E-state index in [-0.39, 0.29) is 18.0 Å². The Morgan fingerprint density at radius 3 is 2.66 bits per heavy atom. The summed E-state index contributed by atoms with van der Waals surface area (Å²) in [6.45, 7) is 2.01. The van der Waals surface area contributed by atoms with Crippen molar-refractivity contribution in [1.29, 1.82) is 0 Å². The van der Waals surface area contributed by atoms with Crippen molar-refractivity contribution in [2.24, 2.45) is 0 Å². The molecule has 2 heterocycles. The number of carbonyl (C=O) groups excluding carboxylic acids is 2. The number of hydrogen-bond donors (Lipinski definition) is 2. The van der Waals surface area contributed by atoms with Crippen molar-refractivity contribution in [2.75, 3.05) is 29.9 Å². The van der Waals surface area contributed by atoms with Gasteiger partial charge in [0, 0.05) is 36.6 Å². The number of aryl methyl sites for hydroxylation is 1. The Labute approximate surface area is 171 Å². The van der Waals surface area contributed by atoms with Crippen LogP contribution in [0.25, 0.3) is 0 Å². The summed E-state index contributed by atoms with van der Waals surface area (Å²) < 4.78 is 5.53. The minimum atomic E-state index is -0.144. The number of benzene rings is 2. The minimum Gasteiger partial charge on any atom is -0.376 e. The first-order valence-electron chi connectivity index (χ1n) is 10.4. The highest BCUT2D eigenvalue weighted by molar-refractivity contribution is 6.02. The number of nitrogens with zero attached hydrogens (tertiary/aromatic N) is 1. The van der Waals surface area contributed by atoms with Gasteiger partial charge in [-0.1, -0.05) is 18.2 Å². The Kier molecular flexibility index (Phi) is 6.10. The number of nitrogens with one attached hydrogen (secondary N) is 2. The standard InChI is InChI=1S/C23H27N3O3/c27-22(24-16-20-8-5-15-29-20)18-10-12-19(13-11-18)25-23(28)26-14-4-3-7-17-6-1-2-9-21(17)26/h1-2,6,9-13,20H,3-5,7-8,14-16H2,(H,24,27)(H,25,28)/t20-/m0/s1. The zero-order valence-electron chi connectivity index (χ0n) is 16.5. The van der Waals surface area contributed by atoms with E-state index in [0.717, 1.165) is 44.4 Å². The summed E-state index contributed by atoms with van der Waals surface area (Å²) in [6.07, 6.45) is 5.22. The van der Waals surface area contributed by atoms with Crippen LogP contribution < -0.4 is 15.5 Å². The third-order valence-corrected chi connectivity index (χ3v) is 5.52. The molecule has 0 radical (unpaired) electrons. The molecule has 1 fully saturated rings. The molecule has 0 aliphatic carbocycles. The molecule has 1 atom stereocenters. The van der Waals surface area contributed by atoms with Gasteiger partial charge in [-0.25, -0.2) is 4.79 Å². The molecule has 0 saturated carbocycles. The monoisotopic (exact) mass is 393 g/mol. The van der Waals surface area contributed by atoms with E-state index in [9.17, 15) is 9.59 Å². The van der Waals surface area contributed by atoms with Crippen molar-refractivity contribution in [3.05, 3.63) is 59.7 Å². The molecule has 6 nitrogen and oxygen atoms in total. The smallest absolute Gasteiger partial charge is 0.326 e. The number of para-hydroxylation sites is 1. The number of hydrogen-bond acceptors (Lipinski definition) is 3. The van der Waals surface area contributed by atoms with E-state index in [1.54, 1.807) is 24.3 Å². The van der Waals surface area contributed by atoms with Crippen LogP contribution in [-0.2, 0) is 11.2 Å². The van der Waals surface area contributed by atoms with E-state index in [0.29, 0.717) is 24.3 Å². The molecular formula is C23H27N3O3. The Balaban J connectivity index is 1.37. The van der Waals surface area contributed by atoms with Crippen LogP contribution in [0.3, 0.4) is 0 Å². The van der Waals surface area contributed by atoms with Gasteiger partial charge in [-0.2, -0.15) is 0 Å². The number of carbonyl (C=O) groups is 2. The molecule has 1 saturated heterocycles. The molecule has 6 heteroatoms. The average Bonchev–Trinajstić information content (AvgIpc) is 3.17. The molecule has 29 heavy (non-hydrogen) atoms. The summed E-state index contributed by atoms with van der Waals surface area (Å²) in [4.78, 5) is 27.0. The van der Waals surface area contributed by atoms with E-state index >= 15 is 0 Å². The fraction of sp³-hybridized carbons (Fsp3) is 0.391. The maximum atomic E-state index is 12.9. The molecule has 3 amide bonds. The van der Waals surface area contributed by atoms with E-state index in [2.05, 4.69) is 16.7 Å². The number of ether oxygens (including phenoxy) is 1. The first kappa shape index (κ1) is 19.5. The van der Waals surface area contributed by atoms with Crippen molar-refractivity contribution in [1.82, 2.24) is 5.32 Å². The highest BCUT2D eigenvalue weighted by Gasteiger charge is 2.21. The summed E-state index contributed by atoms with van der Waals surface area (Å²) in [6, 6.07) is 14.9. The largest absolute Gasteiger partial charge is 0.376 e. The van der Waals surface area contributed by atoms with Gasteiger partial charge in [0.05, 0.1) is 6.10 Å². The molecule has 152 valence electrons. The van der Waals surface area contributed by atoms with Crippen LogP contribution in [0.4, 0.5) is 16.2 Å². The first-order valence-corrected chi connectivity index (χ1v) is 10.4. The SMILES string of the molecule is O=C(NC[C@@H]1CCCO1)c1ccc(NC(=O)N2CCCCc3ccccc32)cc1. The van der Waals surface area contributed by atoms with Gasteiger partial charge in [0.2, 0.25) is 0 Å². The quantitative estimate of drug-likeness (QED) is 0.826. The molecule has 0 bridgehead atoms. The summed E-state index contributed by atoms with van der Waals surface area (Å²) in [5.41, 5.74) is 3.43. The predicted molar refractivity (Wildman–Crippen MR) is 113 cm³/mol. The Morgan fingerprint density at radius 2 is 1.86 bits per heavy atom. The highest BCUT2D eigenvalue weighted by Crippen LogP contribution is 2.26. The van der Waals surface area contributed by atoms with Gasteiger partial charge in [-0.15, -0.1) is 0 Å². The minimum absolute atomic E-state index is 0.119. The van der Waals surface area contributed by atoms with Crippen molar-refractivity contribution >= 4 is 23.3 Å². The van der Waals surface area contributed by atoms with Gasteiger partial charge < -0.3 is 15.4 Å². The lowest BCUT2D eigenvalue weighted by Gasteiger charge is -2.23. The molecule has 2 aliphatic rings.